The zero-order valence-electron chi connectivity index (χ0n) is 18.3. The average molecular weight is 484 g/mol. The summed E-state index contributed by atoms with van der Waals surface area (Å²) >= 11 is 1.25. The number of non-ortho nitro benzene ring substituents is 1. The fourth-order valence-corrected chi connectivity index (χ4v) is 5.85. The van der Waals surface area contributed by atoms with E-state index >= 15 is 0 Å². The van der Waals surface area contributed by atoms with E-state index in [1.54, 1.807) is 34.9 Å². The lowest BCUT2D eigenvalue weighted by molar-refractivity contribution is -0.384. The molecule has 2 heterocycles. The van der Waals surface area contributed by atoms with Crippen molar-refractivity contribution in [2.75, 3.05) is 0 Å². The maximum Gasteiger partial charge on any atom is 0.271 e. The molecular weight excluding hydrogens is 465 g/mol. The second-order valence-electron chi connectivity index (χ2n) is 8.52. The van der Waals surface area contributed by atoms with Gasteiger partial charge in [0.05, 0.1) is 21.2 Å². The molecule has 35 heavy (non-hydrogen) atoms. The lowest BCUT2D eigenvalue weighted by Crippen LogP contribution is -2.38. The minimum Gasteiger partial charge on any atom is -0.272 e. The minimum atomic E-state index is -0.459. The van der Waals surface area contributed by atoms with E-state index in [0.717, 1.165) is 35.2 Å². The van der Waals surface area contributed by atoms with E-state index < -0.39 is 11.0 Å². The van der Waals surface area contributed by atoms with Gasteiger partial charge in [-0.25, -0.2) is 9.38 Å². The fourth-order valence-electron chi connectivity index (χ4n) is 4.85. The number of aromatic nitrogens is 1. The summed E-state index contributed by atoms with van der Waals surface area (Å²) in [5.41, 5.74) is 5.28. The van der Waals surface area contributed by atoms with Crippen LogP contribution in [0.25, 0.3) is 11.8 Å². The van der Waals surface area contributed by atoms with E-state index in [0.29, 0.717) is 14.9 Å². The van der Waals surface area contributed by atoms with Crippen molar-refractivity contribution in [1.82, 2.24) is 4.57 Å². The summed E-state index contributed by atoms with van der Waals surface area (Å²) in [6.45, 7) is 0. The second-order valence-corrected chi connectivity index (χ2v) is 9.53. The molecule has 0 saturated heterocycles. The van der Waals surface area contributed by atoms with Gasteiger partial charge in [0.2, 0.25) is 0 Å². The van der Waals surface area contributed by atoms with Gasteiger partial charge >= 0.3 is 0 Å². The van der Waals surface area contributed by atoms with Crippen LogP contribution in [-0.4, -0.2) is 9.49 Å². The molecule has 1 aliphatic carbocycles. The molecule has 0 saturated carbocycles. The molecule has 172 valence electrons. The maximum absolute atomic E-state index is 13.7. The molecule has 8 heteroatoms. The highest BCUT2D eigenvalue weighted by atomic mass is 32.1. The molecule has 0 spiro atoms. The van der Waals surface area contributed by atoms with E-state index in [2.05, 4.69) is 6.07 Å². The molecule has 6 rings (SSSR count). The van der Waals surface area contributed by atoms with Crippen LogP contribution in [0.15, 0.2) is 88.2 Å². The van der Waals surface area contributed by atoms with Gasteiger partial charge in [-0.1, -0.05) is 59.9 Å². The van der Waals surface area contributed by atoms with Crippen molar-refractivity contribution < 1.29 is 9.31 Å². The maximum atomic E-state index is 13.7. The van der Waals surface area contributed by atoms with Gasteiger partial charge in [0.1, 0.15) is 5.82 Å². The van der Waals surface area contributed by atoms with Gasteiger partial charge in [-0.15, -0.1) is 0 Å². The third-order valence-electron chi connectivity index (χ3n) is 6.44. The SMILES string of the molecule is O=c1/c(=C\c2cccc([N+](=O)[O-])c2)sc2n1[C@H](c1ccc(F)cc1)C1=C(N=2)c2ccccc2CC1. The molecule has 4 aromatic rings. The summed E-state index contributed by atoms with van der Waals surface area (Å²) in [6, 6.07) is 20.2. The Morgan fingerprint density at radius 1 is 1.06 bits per heavy atom. The van der Waals surface area contributed by atoms with Crippen LogP contribution in [0.1, 0.15) is 34.7 Å². The van der Waals surface area contributed by atoms with Crippen molar-refractivity contribution in [2.45, 2.75) is 18.9 Å². The molecule has 0 bridgehead atoms. The quantitative estimate of drug-likeness (QED) is 0.321. The molecule has 1 atom stereocenters. The van der Waals surface area contributed by atoms with Crippen molar-refractivity contribution in [2.24, 2.45) is 4.99 Å². The average Bonchev–Trinajstić information content (AvgIpc) is 3.18. The molecule has 0 radical (unpaired) electrons. The zero-order valence-corrected chi connectivity index (χ0v) is 19.2. The van der Waals surface area contributed by atoms with Crippen molar-refractivity contribution in [3.63, 3.8) is 0 Å². The first-order valence-electron chi connectivity index (χ1n) is 11.1. The number of hydrogen-bond donors (Lipinski definition) is 0. The first-order chi connectivity index (χ1) is 17.0. The molecule has 0 N–H and O–H groups in total. The topological polar surface area (TPSA) is 77.5 Å². The molecule has 2 aliphatic rings. The summed E-state index contributed by atoms with van der Waals surface area (Å²) in [5.74, 6) is -0.338. The van der Waals surface area contributed by atoms with E-state index in [-0.39, 0.29) is 17.1 Å². The molecule has 1 aromatic heterocycles. The van der Waals surface area contributed by atoms with Crippen LogP contribution in [0.2, 0.25) is 0 Å². The Kier molecular flexibility index (Phi) is 5.04. The standard InChI is InChI=1S/C27H18FN3O3S/c28-19-11-8-18(9-12-19)25-22-13-10-17-5-1-2-7-21(17)24(22)29-27-30(25)26(32)23(35-27)15-16-4-3-6-20(14-16)31(33)34/h1-9,11-12,14-15,25H,10,13H2/b23-15+/t25-/m1/s1. The van der Waals surface area contributed by atoms with E-state index in [1.165, 1.54) is 41.2 Å². The first kappa shape index (κ1) is 21.4. The van der Waals surface area contributed by atoms with Crippen LogP contribution in [0.4, 0.5) is 10.1 Å². The third kappa shape index (κ3) is 3.63. The summed E-state index contributed by atoms with van der Waals surface area (Å²) in [6.07, 6.45) is 3.24. The highest BCUT2D eigenvalue weighted by Gasteiger charge is 2.32. The molecule has 0 fully saturated rings. The molecule has 0 amide bonds. The Hall–Kier alpha value is -4.17. The Morgan fingerprint density at radius 2 is 1.86 bits per heavy atom. The van der Waals surface area contributed by atoms with Crippen LogP contribution in [0.3, 0.4) is 0 Å². The van der Waals surface area contributed by atoms with Crippen molar-refractivity contribution in [1.29, 1.82) is 0 Å². The Balaban J connectivity index is 1.60. The van der Waals surface area contributed by atoms with E-state index in [1.807, 2.05) is 18.2 Å². The van der Waals surface area contributed by atoms with Gasteiger partial charge < -0.3 is 0 Å². The van der Waals surface area contributed by atoms with E-state index in [9.17, 15) is 19.3 Å². The summed E-state index contributed by atoms with van der Waals surface area (Å²) in [5, 5.41) is 11.2. The lowest BCUT2D eigenvalue weighted by Gasteiger charge is -2.30. The van der Waals surface area contributed by atoms with Crippen LogP contribution >= 0.6 is 11.3 Å². The second kappa shape index (κ2) is 8.25. The molecule has 0 unspecified atom stereocenters. The Bertz CT molecular complexity index is 1720. The smallest absolute Gasteiger partial charge is 0.271 e. The van der Waals surface area contributed by atoms with Crippen LogP contribution in [0, 0.1) is 15.9 Å². The van der Waals surface area contributed by atoms with Crippen molar-refractivity contribution in [3.8, 4) is 0 Å². The number of fused-ring (bicyclic) bond motifs is 3. The molecule has 1 aliphatic heterocycles. The highest BCUT2D eigenvalue weighted by molar-refractivity contribution is 7.07. The predicted octanol–water partition coefficient (Wildman–Crippen LogP) is 4.37. The van der Waals surface area contributed by atoms with Gasteiger partial charge in [-0.05, 0) is 53.3 Å². The van der Waals surface area contributed by atoms with Crippen LogP contribution < -0.4 is 14.9 Å². The monoisotopic (exact) mass is 483 g/mol. The normalized spacial score (nSPS) is 16.8. The summed E-state index contributed by atoms with van der Waals surface area (Å²) in [7, 11) is 0. The number of nitrogens with zero attached hydrogens (tertiary/aromatic N) is 3. The number of aryl methyl sites for hydroxylation is 1. The summed E-state index contributed by atoms with van der Waals surface area (Å²) in [4.78, 5) is 29.9. The number of hydrogen-bond acceptors (Lipinski definition) is 5. The molecule has 6 nitrogen and oxygen atoms in total. The number of nitro benzene ring substituents is 1. The largest absolute Gasteiger partial charge is 0.272 e. The van der Waals surface area contributed by atoms with Crippen LogP contribution in [-0.2, 0) is 6.42 Å². The molecular formula is C27H18FN3O3S. The zero-order chi connectivity index (χ0) is 24.1. The Morgan fingerprint density at radius 3 is 2.66 bits per heavy atom. The van der Waals surface area contributed by atoms with Crippen LogP contribution in [0.5, 0.6) is 0 Å². The fraction of sp³-hybridized carbons (Fsp3) is 0.111. The van der Waals surface area contributed by atoms with Crippen molar-refractivity contribution in [3.05, 3.63) is 136 Å². The predicted molar refractivity (Wildman–Crippen MR) is 132 cm³/mol. The number of benzene rings is 3. The number of halogens is 1. The first-order valence-corrected chi connectivity index (χ1v) is 11.9. The number of allylic oxidation sites excluding steroid dienone is 1. The Labute approximate surface area is 202 Å². The lowest BCUT2D eigenvalue weighted by atomic mass is 9.83. The van der Waals surface area contributed by atoms with Crippen molar-refractivity contribution >= 4 is 28.8 Å². The number of thiazole rings is 1. The van der Waals surface area contributed by atoms with Gasteiger partial charge in [0, 0.05) is 17.7 Å². The third-order valence-corrected chi connectivity index (χ3v) is 7.42. The van der Waals surface area contributed by atoms with Gasteiger partial charge in [-0.3, -0.25) is 19.5 Å². The number of nitro groups is 1. The van der Waals surface area contributed by atoms with E-state index in [4.69, 9.17) is 4.99 Å². The highest BCUT2D eigenvalue weighted by Crippen LogP contribution is 2.41. The van der Waals surface area contributed by atoms with Gasteiger partial charge in [-0.2, -0.15) is 0 Å². The minimum absolute atomic E-state index is 0.0391. The van der Waals surface area contributed by atoms with Gasteiger partial charge in [0.25, 0.3) is 11.2 Å². The van der Waals surface area contributed by atoms with Gasteiger partial charge in [0.15, 0.2) is 4.80 Å². The summed E-state index contributed by atoms with van der Waals surface area (Å²) < 4.78 is 15.9. The number of rotatable bonds is 3. The molecule has 3 aromatic carbocycles.